The summed E-state index contributed by atoms with van der Waals surface area (Å²) in [6, 6.07) is 5.28. The molecule has 0 aromatic heterocycles. The van der Waals surface area contributed by atoms with Gasteiger partial charge in [-0.25, -0.2) is 0 Å². The molecule has 0 unspecified atom stereocenters. The van der Waals surface area contributed by atoms with Gasteiger partial charge in [-0.1, -0.05) is 29.3 Å². The van der Waals surface area contributed by atoms with E-state index in [0.29, 0.717) is 36.0 Å². The Labute approximate surface area is 130 Å². The van der Waals surface area contributed by atoms with Crippen LogP contribution in [-0.4, -0.2) is 34.6 Å². The molecule has 1 aromatic carbocycles. The van der Waals surface area contributed by atoms with Crippen molar-refractivity contribution in [2.75, 3.05) is 13.1 Å². The first kappa shape index (κ1) is 17.3. The minimum atomic E-state index is -0.885. The first-order chi connectivity index (χ1) is 9.23. The molecule has 0 saturated heterocycles. The molecular weight excluding hydrogens is 297 g/mol. The van der Waals surface area contributed by atoms with Crippen LogP contribution in [0.3, 0.4) is 0 Å². The van der Waals surface area contributed by atoms with Gasteiger partial charge in [-0.05, 0) is 44.9 Å². The third kappa shape index (κ3) is 5.70. The normalized spacial score (nSPS) is 11.5. The quantitative estimate of drug-likeness (QED) is 0.871. The number of hydrogen-bond acceptors (Lipinski definition) is 2. The van der Waals surface area contributed by atoms with Crippen LogP contribution in [0.1, 0.15) is 32.8 Å². The largest absolute Gasteiger partial charge is 0.389 e. The molecule has 20 heavy (non-hydrogen) atoms. The Morgan fingerprint density at radius 2 is 2.00 bits per heavy atom. The van der Waals surface area contributed by atoms with Crippen LogP contribution in [-0.2, 0) is 11.2 Å². The zero-order valence-corrected chi connectivity index (χ0v) is 13.6. The Hall–Kier alpha value is -0.770. The number of amides is 1. The lowest BCUT2D eigenvalue weighted by atomic mass is 10.1. The summed E-state index contributed by atoms with van der Waals surface area (Å²) < 4.78 is 0. The second-order valence-corrected chi connectivity index (χ2v) is 6.30. The molecule has 1 aromatic rings. The number of aryl methyl sites for hydroxylation is 1. The van der Waals surface area contributed by atoms with E-state index < -0.39 is 5.60 Å². The van der Waals surface area contributed by atoms with Crippen LogP contribution in [0.25, 0.3) is 0 Å². The van der Waals surface area contributed by atoms with E-state index in [0.717, 1.165) is 5.56 Å². The van der Waals surface area contributed by atoms with Gasteiger partial charge in [-0.15, -0.1) is 0 Å². The molecule has 0 heterocycles. The number of hydrogen-bond donors (Lipinski definition) is 1. The minimum absolute atomic E-state index is 0.0145. The number of halogens is 2. The zero-order valence-electron chi connectivity index (χ0n) is 12.1. The summed E-state index contributed by atoms with van der Waals surface area (Å²) in [6.45, 7) is 6.20. The number of rotatable bonds is 6. The van der Waals surface area contributed by atoms with E-state index in [2.05, 4.69) is 0 Å². The van der Waals surface area contributed by atoms with Gasteiger partial charge in [0, 0.05) is 29.6 Å². The molecule has 0 atom stereocenters. The molecule has 112 valence electrons. The molecule has 0 aliphatic heterocycles. The Morgan fingerprint density at radius 1 is 1.35 bits per heavy atom. The number of nitrogens with zero attached hydrogens (tertiary/aromatic N) is 1. The highest BCUT2D eigenvalue weighted by Crippen LogP contribution is 2.22. The van der Waals surface area contributed by atoms with Crippen molar-refractivity contribution in [1.29, 1.82) is 0 Å². The van der Waals surface area contributed by atoms with Crippen molar-refractivity contribution in [3.8, 4) is 0 Å². The van der Waals surface area contributed by atoms with Gasteiger partial charge in [0.05, 0.1) is 5.60 Å². The van der Waals surface area contributed by atoms with Gasteiger partial charge < -0.3 is 10.0 Å². The summed E-state index contributed by atoms with van der Waals surface area (Å²) in [5.74, 6) is 0.0145. The highest BCUT2D eigenvalue weighted by molar-refractivity contribution is 6.35. The van der Waals surface area contributed by atoms with Crippen LogP contribution in [0.5, 0.6) is 0 Å². The molecule has 0 aliphatic rings. The summed E-state index contributed by atoms with van der Waals surface area (Å²) in [4.78, 5) is 13.8. The predicted octanol–water partition coefficient (Wildman–Crippen LogP) is 3.55. The summed E-state index contributed by atoms with van der Waals surface area (Å²) in [6.07, 6.45) is 0.933. The van der Waals surface area contributed by atoms with Crippen LogP contribution in [0.2, 0.25) is 10.0 Å². The summed E-state index contributed by atoms with van der Waals surface area (Å²) >= 11 is 11.9. The first-order valence-electron chi connectivity index (χ1n) is 6.67. The Bertz CT molecular complexity index is 469. The fraction of sp³-hybridized carbons (Fsp3) is 0.533. The molecule has 0 saturated carbocycles. The van der Waals surface area contributed by atoms with Gasteiger partial charge >= 0.3 is 0 Å². The van der Waals surface area contributed by atoms with E-state index in [1.54, 1.807) is 30.9 Å². The maximum absolute atomic E-state index is 12.1. The van der Waals surface area contributed by atoms with E-state index in [-0.39, 0.29) is 5.91 Å². The van der Waals surface area contributed by atoms with Crippen LogP contribution in [0.4, 0.5) is 0 Å². The number of carbonyl (C=O) groups is 1. The van der Waals surface area contributed by atoms with Crippen molar-refractivity contribution in [2.45, 2.75) is 39.2 Å². The van der Waals surface area contributed by atoms with Gasteiger partial charge in [0.2, 0.25) is 5.91 Å². The van der Waals surface area contributed by atoms with Crippen LogP contribution < -0.4 is 0 Å². The van der Waals surface area contributed by atoms with Crippen molar-refractivity contribution < 1.29 is 9.90 Å². The summed E-state index contributed by atoms with van der Waals surface area (Å²) in [5, 5.41) is 11.0. The average Bonchev–Trinajstić information content (AvgIpc) is 2.33. The standard InChI is InChI=1S/C15H21Cl2NO2/c1-4-18(10-15(2,3)20)14(19)8-6-11-5-7-12(16)9-13(11)17/h5,7,9,20H,4,6,8,10H2,1-3H3. The molecular formula is C15H21Cl2NO2. The second kappa shape index (κ2) is 7.30. The number of carbonyl (C=O) groups excluding carboxylic acids is 1. The molecule has 0 spiro atoms. The first-order valence-corrected chi connectivity index (χ1v) is 7.42. The fourth-order valence-corrected chi connectivity index (χ4v) is 2.47. The highest BCUT2D eigenvalue weighted by atomic mass is 35.5. The minimum Gasteiger partial charge on any atom is -0.389 e. The highest BCUT2D eigenvalue weighted by Gasteiger charge is 2.21. The molecule has 1 amide bonds. The molecule has 5 heteroatoms. The van der Waals surface area contributed by atoms with Gasteiger partial charge in [0.1, 0.15) is 0 Å². The number of aliphatic hydroxyl groups is 1. The SMILES string of the molecule is CCN(CC(C)(C)O)C(=O)CCc1ccc(Cl)cc1Cl. The number of likely N-dealkylation sites (N-methyl/N-ethyl adjacent to an activating group) is 1. The van der Waals surface area contributed by atoms with Crippen LogP contribution in [0, 0.1) is 0 Å². The molecule has 0 aliphatic carbocycles. The lowest BCUT2D eigenvalue weighted by Crippen LogP contribution is -2.42. The van der Waals surface area contributed by atoms with E-state index in [9.17, 15) is 9.90 Å². The third-order valence-electron chi connectivity index (χ3n) is 2.94. The van der Waals surface area contributed by atoms with Gasteiger partial charge in [0.25, 0.3) is 0 Å². The van der Waals surface area contributed by atoms with Crippen molar-refractivity contribution in [3.63, 3.8) is 0 Å². The molecule has 0 radical (unpaired) electrons. The Kier molecular flexibility index (Phi) is 6.31. The molecule has 1 N–H and O–H groups in total. The summed E-state index contributed by atoms with van der Waals surface area (Å²) in [5.41, 5.74) is 0.0209. The van der Waals surface area contributed by atoms with Crippen LogP contribution >= 0.6 is 23.2 Å². The lowest BCUT2D eigenvalue weighted by molar-refractivity contribution is -0.133. The van der Waals surface area contributed by atoms with Crippen molar-refractivity contribution in [2.24, 2.45) is 0 Å². The zero-order chi connectivity index (χ0) is 15.3. The van der Waals surface area contributed by atoms with E-state index in [4.69, 9.17) is 23.2 Å². The van der Waals surface area contributed by atoms with E-state index in [1.807, 2.05) is 13.0 Å². The molecule has 0 fully saturated rings. The Morgan fingerprint density at radius 3 is 2.50 bits per heavy atom. The van der Waals surface area contributed by atoms with Crippen molar-refractivity contribution >= 4 is 29.1 Å². The average molecular weight is 318 g/mol. The maximum Gasteiger partial charge on any atom is 0.222 e. The number of benzene rings is 1. The molecule has 3 nitrogen and oxygen atoms in total. The Balaban J connectivity index is 2.61. The van der Waals surface area contributed by atoms with E-state index >= 15 is 0 Å². The monoisotopic (exact) mass is 317 g/mol. The summed E-state index contributed by atoms with van der Waals surface area (Å²) in [7, 11) is 0. The molecule has 1 rings (SSSR count). The smallest absolute Gasteiger partial charge is 0.222 e. The third-order valence-corrected chi connectivity index (χ3v) is 3.52. The second-order valence-electron chi connectivity index (χ2n) is 5.46. The fourth-order valence-electron chi connectivity index (χ4n) is 1.97. The van der Waals surface area contributed by atoms with Gasteiger partial charge in [-0.3, -0.25) is 4.79 Å². The predicted molar refractivity (Wildman–Crippen MR) is 83.3 cm³/mol. The van der Waals surface area contributed by atoms with Gasteiger partial charge in [0.15, 0.2) is 0 Å². The lowest BCUT2D eigenvalue weighted by Gasteiger charge is -2.28. The van der Waals surface area contributed by atoms with Crippen molar-refractivity contribution in [1.82, 2.24) is 4.90 Å². The van der Waals surface area contributed by atoms with E-state index in [1.165, 1.54) is 0 Å². The van der Waals surface area contributed by atoms with Crippen LogP contribution in [0.15, 0.2) is 18.2 Å². The van der Waals surface area contributed by atoms with Crippen molar-refractivity contribution in [3.05, 3.63) is 33.8 Å². The van der Waals surface area contributed by atoms with Gasteiger partial charge in [-0.2, -0.15) is 0 Å². The molecule has 0 bridgehead atoms. The topological polar surface area (TPSA) is 40.5 Å². The maximum atomic E-state index is 12.1.